The fraction of sp³-hybridized carbons (Fsp3) is 0.889. The molecule has 0 saturated heterocycles. The second-order valence-electron chi connectivity index (χ2n) is 5.79. The van der Waals surface area contributed by atoms with E-state index < -0.39 is 18.7 Å². The fourth-order valence-electron chi connectivity index (χ4n) is 1.82. The van der Waals surface area contributed by atoms with E-state index >= 15 is 0 Å². The SMILES string of the molecule is CCC(=O)NCC(F)COCCOCCOCCOCCOCCNC(=O)CO.[V]. The van der Waals surface area contributed by atoms with Gasteiger partial charge < -0.3 is 39.4 Å². The van der Waals surface area contributed by atoms with E-state index in [-0.39, 0.29) is 44.2 Å². The Balaban J connectivity index is 0. The van der Waals surface area contributed by atoms with Crippen LogP contribution in [0.15, 0.2) is 0 Å². The topological polar surface area (TPSA) is 125 Å². The largest absolute Gasteiger partial charge is 0.387 e. The van der Waals surface area contributed by atoms with E-state index in [1.165, 1.54) is 0 Å². The van der Waals surface area contributed by atoms with Gasteiger partial charge in [-0.05, 0) is 0 Å². The first-order chi connectivity index (χ1) is 14.1. The van der Waals surface area contributed by atoms with Gasteiger partial charge >= 0.3 is 0 Å². The van der Waals surface area contributed by atoms with Crippen molar-refractivity contribution in [3.63, 3.8) is 0 Å². The molecule has 1 atom stereocenters. The van der Waals surface area contributed by atoms with Crippen LogP contribution in [0.1, 0.15) is 13.3 Å². The minimum absolute atomic E-state index is 0. The molecule has 0 aliphatic rings. The Morgan fingerprint density at radius 3 is 1.73 bits per heavy atom. The van der Waals surface area contributed by atoms with E-state index in [1.807, 2.05) is 0 Å². The Kier molecular flexibility index (Phi) is 25.6. The van der Waals surface area contributed by atoms with Crippen LogP contribution in [0.2, 0.25) is 0 Å². The van der Waals surface area contributed by atoms with Gasteiger partial charge in [-0.3, -0.25) is 9.59 Å². The Hall–Kier alpha value is -0.786. The molecule has 1 radical (unpaired) electrons. The molecule has 0 aliphatic heterocycles. The van der Waals surface area contributed by atoms with Crippen molar-refractivity contribution in [2.75, 3.05) is 85.8 Å². The van der Waals surface area contributed by atoms with Crippen LogP contribution in [-0.4, -0.2) is 109 Å². The standard InChI is InChI=1S/C18H35FN2O8.V/c1-2-17(23)21-13-16(19)15-29-12-11-28-10-9-27-8-7-26-6-5-25-4-3-20-18(24)14-22;/h16,22H,2-15H2,1H3,(H,20,24)(H,21,23);. The van der Waals surface area contributed by atoms with Gasteiger partial charge in [0.25, 0.3) is 0 Å². The molecule has 10 nitrogen and oxygen atoms in total. The average Bonchev–Trinajstić information content (AvgIpc) is 2.73. The third kappa shape index (κ3) is 23.5. The molecule has 12 heteroatoms. The molecule has 2 amide bonds. The quantitative estimate of drug-likeness (QED) is 0.181. The molecule has 0 aromatic rings. The third-order valence-electron chi connectivity index (χ3n) is 3.34. The summed E-state index contributed by atoms with van der Waals surface area (Å²) in [5.41, 5.74) is 0. The van der Waals surface area contributed by atoms with E-state index in [0.29, 0.717) is 65.8 Å². The molecule has 0 aromatic carbocycles. The number of ether oxygens (including phenoxy) is 5. The number of rotatable bonds is 21. The van der Waals surface area contributed by atoms with E-state index in [2.05, 4.69) is 10.6 Å². The van der Waals surface area contributed by atoms with Crippen molar-refractivity contribution in [2.45, 2.75) is 19.5 Å². The van der Waals surface area contributed by atoms with Crippen molar-refractivity contribution in [3.05, 3.63) is 0 Å². The van der Waals surface area contributed by atoms with Crippen LogP contribution in [0, 0.1) is 0 Å². The fourth-order valence-corrected chi connectivity index (χ4v) is 1.82. The van der Waals surface area contributed by atoms with Crippen LogP contribution in [-0.2, 0) is 51.8 Å². The molecule has 1 unspecified atom stereocenters. The first kappa shape index (κ1) is 31.4. The first-order valence-electron chi connectivity index (χ1n) is 9.77. The molecule has 3 N–H and O–H groups in total. The van der Waals surface area contributed by atoms with Gasteiger partial charge in [0.2, 0.25) is 11.8 Å². The molecule has 0 fully saturated rings. The molecule has 0 rings (SSSR count). The summed E-state index contributed by atoms with van der Waals surface area (Å²) in [6.07, 6.45) is -0.898. The molecular weight excluding hydrogens is 442 g/mol. The number of nitrogens with one attached hydrogen (secondary N) is 2. The first-order valence-corrected chi connectivity index (χ1v) is 9.77. The molecule has 0 aliphatic carbocycles. The Morgan fingerprint density at radius 1 is 0.800 bits per heavy atom. The van der Waals surface area contributed by atoms with E-state index in [1.54, 1.807) is 6.92 Å². The normalized spacial score (nSPS) is 11.6. The number of halogens is 1. The predicted molar refractivity (Wildman–Crippen MR) is 102 cm³/mol. The Labute approximate surface area is 189 Å². The minimum atomic E-state index is -1.23. The van der Waals surface area contributed by atoms with Crippen molar-refractivity contribution >= 4 is 11.8 Å². The minimum Gasteiger partial charge on any atom is -0.387 e. The number of carbonyl (C=O) groups is 2. The summed E-state index contributed by atoms with van der Waals surface area (Å²) in [7, 11) is 0. The number of amides is 2. The molecule has 0 spiro atoms. The van der Waals surface area contributed by atoms with E-state index in [4.69, 9.17) is 28.8 Å². The van der Waals surface area contributed by atoms with Crippen LogP contribution in [0.3, 0.4) is 0 Å². The number of aliphatic hydroxyl groups is 1. The number of carbonyl (C=O) groups excluding carboxylic acids is 2. The van der Waals surface area contributed by atoms with Gasteiger partial charge in [-0.15, -0.1) is 0 Å². The van der Waals surface area contributed by atoms with Gasteiger partial charge in [-0.2, -0.15) is 0 Å². The van der Waals surface area contributed by atoms with E-state index in [0.717, 1.165) is 0 Å². The summed E-state index contributed by atoms with van der Waals surface area (Å²) in [6, 6.07) is 0. The maximum atomic E-state index is 13.4. The molecule has 177 valence electrons. The zero-order chi connectivity index (χ0) is 21.6. The molecule has 0 saturated carbocycles. The molecule has 30 heavy (non-hydrogen) atoms. The number of aliphatic hydroxyl groups excluding tert-OH is 1. The average molecular weight is 477 g/mol. The van der Waals surface area contributed by atoms with Gasteiger partial charge in [-0.1, -0.05) is 6.92 Å². The van der Waals surface area contributed by atoms with Gasteiger partial charge in [0, 0.05) is 31.5 Å². The van der Waals surface area contributed by atoms with Crippen molar-refractivity contribution in [3.8, 4) is 0 Å². The van der Waals surface area contributed by atoms with Crippen molar-refractivity contribution in [1.82, 2.24) is 10.6 Å². The second kappa shape index (κ2) is 24.5. The second-order valence-corrected chi connectivity index (χ2v) is 5.79. The third-order valence-corrected chi connectivity index (χ3v) is 3.34. The van der Waals surface area contributed by atoms with Crippen LogP contribution in [0.25, 0.3) is 0 Å². The van der Waals surface area contributed by atoms with Crippen LogP contribution >= 0.6 is 0 Å². The van der Waals surface area contributed by atoms with Crippen LogP contribution in [0.5, 0.6) is 0 Å². The molecular formula is C18H35FN2O8V. The monoisotopic (exact) mass is 477 g/mol. The summed E-state index contributed by atoms with van der Waals surface area (Å²) in [5, 5.41) is 13.4. The maximum absolute atomic E-state index is 13.4. The number of alkyl halides is 1. The van der Waals surface area contributed by atoms with Gasteiger partial charge in [-0.25, -0.2) is 4.39 Å². The molecule has 0 heterocycles. The van der Waals surface area contributed by atoms with Crippen molar-refractivity contribution < 1.29 is 61.3 Å². The summed E-state index contributed by atoms with van der Waals surface area (Å²) in [6.45, 7) is 4.87. The number of hydrogen-bond donors (Lipinski definition) is 3. The molecule has 0 bridgehead atoms. The zero-order valence-corrected chi connectivity index (χ0v) is 19.0. The summed E-state index contributed by atoms with van der Waals surface area (Å²) >= 11 is 0. The predicted octanol–water partition coefficient (Wildman–Crippen LogP) is -0.960. The summed E-state index contributed by atoms with van der Waals surface area (Å²) in [4.78, 5) is 21.7. The Morgan fingerprint density at radius 2 is 1.27 bits per heavy atom. The summed E-state index contributed by atoms with van der Waals surface area (Å²) < 4.78 is 39.7. The summed E-state index contributed by atoms with van der Waals surface area (Å²) in [5.74, 6) is -0.614. The number of hydrogen-bond acceptors (Lipinski definition) is 8. The van der Waals surface area contributed by atoms with Crippen molar-refractivity contribution in [2.24, 2.45) is 0 Å². The van der Waals surface area contributed by atoms with E-state index in [9.17, 15) is 14.0 Å². The maximum Gasteiger partial charge on any atom is 0.245 e. The van der Waals surface area contributed by atoms with Crippen LogP contribution < -0.4 is 10.6 Å². The van der Waals surface area contributed by atoms with Crippen LogP contribution in [0.4, 0.5) is 4.39 Å². The van der Waals surface area contributed by atoms with Gasteiger partial charge in [0.15, 0.2) is 0 Å². The van der Waals surface area contributed by atoms with Crippen molar-refractivity contribution in [1.29, 1.82) is 0 Å². The smallest absolute Gasteiger partial charge is 0.245 e. The Bertz CT molecular complexity index is 410. The van der Waals surface area contributed by atoms with Gasteiger partial charge in [0.05, 0.1) is 72.6 Å². The zero-order valence-electron chi connectivity index (χ0n) is 17.6. The molecule has 0 aromatic heterocycles. The van der Waals surface area contributed by atoms with Gasteiger partial charge in [0.1, 0.15) is 12.8 Å².